The second-order valence-corrected chi connectivity index (χ2v) is 7.00. The second-order valence-electron chi connectivity index (χ2n) is 7.00. The first kappa shape index (κ1) is 15.3. The van der Waals surface area contributed by atoms with Crippen molar-refractivity contribution < 1.29 is 0 Å². The molecule has 0 saturated carbocycles. The van der Waals surface area contributed by atoms with Gasteiger partial charge in [-0.2, -0.15) is 0 Å². The summed E-state index contributed by atoms with van der Waals surface area (Å²) in [6.07, 6.45) is 0. The Labute approximate surface area is 124 Å². The maximum atomic E-state index is 3.30. The first-order chi connectivity index (χ1) is 9.38. The van der Waals surface area contributed by atoms with Crippen LogP contribution >= 0.6 is 0 Å². The molecule has 3 nitrogen and oxygen atoms in total. The topological polar surface area (TPSA) is 18.5 Å². The van der Waals surface area contributed by atoms with Crippen molar-refractivity contribution in [2.75, 3.05) is 45.6 Å². The summed E-state index contributed by atoms with van der Waals surface area (Å²) in [5.41, 5.74) is 4.25. The zero-order valence-electron chi connectivity index (χ0n) is 13.7. The maximum Gasteiger partial charge on any atom is 0.0343 e. The van der Waals surface area contributed by atoms with E-state index >= 15 is 0 Å². The largest absolute Gasteiger partial charge is 0.388 e. The molecule has 3 heteroatoms. The number of hydrogen-bond acceptors (Lipinski definition) is 3. The molecule has 0 atom stereocenters. The highest BCUT2D eigenvalue weighted by atomic mass is 15.2. The van der Waals surface area contributed by atoms with Gasteiger partial charge in [0.15, 0.2) is 0 Å². The molecule has 20 heavy (non-hydrogen) atoms. The van der Waals surface area contributed by atoms with Crippen LogP contribution < -0.4 is 5.32 Å². The Bertz CT molecular complexity index is 440. The van der Waals surface area contributed by atoms with E-state index in [1.807, 2.05) is 7.05 Å². The van der Waals surface area contributed by atoms with Crippen LogP contribution in [-0.2, 0) is 12.0 Å². The van der Waals surface area contributed by atoms with Crippen LogP contribution in [0.3, 0.4) is 0 Å². The zero-order chi connectivity index (χ0) is 14.8. The van der Waals surface area contributed by atoms with Crippen molar-refractivity contribution in [1.82, 2.24) is 9.80 Å². The monoisotopic (exact) mass is 275 g/mol. The summed E-state index contributed by atoms with van der Waals surface area (Å²) < 4.78 is 0. The lowest BCUT2D eigenvalue weighted by molar-refractivity contribution is 0.148. The summed E-state index contributed by atoms with van der Waals surface area (Å²) in [5, 5.41) is 3.30. The van der Waals surface area contributed by atoms with E-state index in [0.717, 1.165) is 6.54 Å². The van der Waals surface area contributed by atoms with E-state index in [0.29, 0.717) is 0 Å². The molecule has 1 fully saturated rings. The van der Waals surface area contributed by atoms with Crippen LogP contribution in [0.25, 0.3) is 0 Å². The van der Waals surface area contributed by atoms with Gasteiger partial charge in [-0.05, 0) is 35.7 Å². The molecule has 1 aliphatic rings. The van der Waals surface area contributed by atoms with Gasteiger partial charge in [-0.1, -0.05) is 26.8 Å². The van der Waals surface area contributed by atoms with Gasteiger partial charge in [0.25, 0.3) is 0 Å². The third-order valence-electron chi connectivity index (χ3n) is 4.15. The fraction of sp³-hybridized carbons (Fsp3) is 0.647. The molecular formula is C17H29N3. The lowest BCUT2D eigenvalue weighted by atomic mass is 9.85. The first-order valence-corrected chi connectivity index (χ1v) is 7.61. The average molecular weight is 275 g/mol. The number of likely N-dealkylation sites (N-methyl/N-ethyl adjacent to an activating group) is 1. The molecule has 1 heterocycles. The van der Waals surface area contributed by atoms with Gasteiger partial charge in [0, 0.05) is 45.5 Å². The molecule has 0 spiro atoms. The van der Waals surface area contributed by atoms with E-state index in [9.17, 15) is 0 Å². The van der Waals surface area contributed by atoms with Gasteiger partial charge in [-0.15, -0.1) is 0 Å². The fourth-order valence-corrected chi connectivity index (χ4v) is 2.62. The fourth-order valence-electron chi connectivity index (χ4n) is 2.62. The molecule has 1 N–H and O–H groups in total. The molecular weight excluding hydrogens is 246 g/mol. The molecule has 0 radical (unpaired) electrons. The van der Waals surface area contributed by atoms with Gasteiger partial charge in [-0.3, -0.25) is 4.90 Å². The van der Waals surface area contributed by atoms with Crippen LogP contribution in [-0.4, -0.2) is 50.1 Å². The highest BCUT2D eigenvalue weighted by Crippen LogP contribution is 2.27. The number of benzene rings is 1. The minimum absolute atomic E-state index is 0.198. The molecule has 112 valence electrons. The van der Waals surface area contributed by atoms with Crippen LogP contribution in [0.15, 0.2) is 18.2 Å². The minimum atomic E-state index is 0.198. The molecule has 0 aliphatic carbocycles. The first-order valence-electron chi connectivity index (χ1n) is 7.61. The predicted octanol–water partition coefficient (Wildman–Crippen LogP) is 2.77. The van der Waals surface area contributed by atoms with E-state index in [2.05, 4.69) is 61.1 Å². The molecule has 1 saturated heterocycles. The van der Waals surface area contributed by atoms with Gasteiger partial charge in [-0.25, -0.2) is 0 Å². The highest BCUT2D eigenvalue weighted by molar-refractivity contribution is 5.50. The van der Waals surface area contributed by atoms with Crippen molar-refractivity contribution in [1.29, 1.82) is 0 Å². The molecule has 2 rings (SSSR count). The van der Waals surface area contributed by atoms with Crippen LogP contribution in [0, 0.1) is 0 Å². The Morgan fingerprint density at radius 3 is 2.25 bits per heavy atom. The van der Waals surface area contributed by atoms with Crippen molar-refractivity contribution in [2.24, 2.45) is 0 Å². The van der Waals surface area contributed by atoms with Crippen LogP contribution in [0.1, 0.15) is 31.9 Å². The van der Waals surface area contributed by atoms with E-state index in [1.54, 1.807) is 0 Å². The number of piperazine rings is 1. The Balaban J connectivity index is 2.14. The zero-order valence-corrected chi connectivity index (χ0v) is 13.7. The maximum absolute atomic E-state index is 3.30. The lowest BCUT2D eigenvalue weighted by Gasteiger charge is -2.32. The number of nitrogens with zero attached hydrogens (tertiary/aromatic N) is 2. The van der Waals surface area contributed by atoms with Gasteiger partial charge < -0.3 is 10.2 Å². The highest BCUT2D eigenvalue weighted by Gasteiger charge is 2.18. The molecule has 0 amide bonds. The molecule has 1 aliphatic heterocycles. The van der Waals surface area contributed by atoms with Crippen LogP contribution in [0.4, 0.5) is 5.69 Å². The van der Waals surface area contributed by atoms with Crippen LogP contribution in [0.2, 0.25) is 0 Å². The molecule has 0 unspecified atom stereocenters. The van der Waals surface area contributed by atoms with Crippen molar-refractivity contribution in [3.05, 3.63) is 29.3 Å². The van der Waals surface area contributed by atoms with E-state index in [-0.39, 0.29) is 5.41 Å². The Morgan fingerprint density at radius 1 is 1.05 bits per heavy atom. The summed E-state index contributed by atoms with van der Waals surface area (Å²) in [6.45, 7) is 12.6. The Morgan fingerprint density at radius 2 is 1.70 bits per heavy atom. The summed E-state index contributed by atoms with van der Waals surface area (Å²) in [4.78, 5) is 4.96. The predicted molar refractivity (Wildman–Crippen MR) is 87.5 cm³/mol. The Kier molecular flexibility index (Phi) is 4.71. The summed E-state index contributed by atoms with van der Waals surface area (Å²) >= 11 is 0. The smallest absolute Gasteiger partial charge is 0.0343 e. The van der Waals surface area contributed by atoms with Gasteiger partial charge in [0.1, 0.15) is 0 Å². The van der Waals surface area contributed by atoms with Crippen LogP contribution in [0.5, 0.6) is 0 Å². The Hall–Kier alpha value is -1.06. The van der Waals surface area contributed by atoms with Crippen molar-refractivity contribution in [3.8, 4) is 0 Å². The third-order valence-corrected chi connectivity index (χ3v) is 4.15. The number of rotatable bonds is 3. The molecule has 0 aromatic heterocycles. The molecule has 1 aromatic rings. The van der Waals surface area contributed by atoms with E-state index < -0.39 is 0 Å². The number of hydrogen-bond donors (Lipinski definition) is 1. The second kappa shape index (κ2) is 6.15. The van der Waals surface area contributed by atoms with E-state index in [1.165, 1.54) is 43.0 Å². The third kappa shape index (κ3) is 3.97. The minimum Gasteiger partial charge on any atom is -0.388 e. The van der Waals surface area contributed by atoms with E-state index in [4.69, 9.17) is 0 Å². The normalized spacial score (nSPS) is 18.2. The summed E-state index contributed by atoms with van der Waals surface area (Å²) in [7, 11) is 4.21. The number of nitrogens with one attached hydrogen (secondary N) is 1. The quantitative estimate of drug-likeness (QED) is 0.915. The van der Waals surface area contributed by atoms with Crippen molar-refractivity contribution in [2.45, 2.75) is 32.7 Å². The van der Waals surface area contributed by atoms with Crippen molar-refractivity contribution >= 4 is 5.69 Å². The standard InChI is InChI=1S/C17H29N3/c1-17(2,3)15-10-14(11-16(12-15)18-4)13-20-8-6-19(5)7-9-20/h10-12,18H,6-9,13H2,1-5H3. The van der Waals surface area contributed by atoms with Crippen molar-refractivity contribution in [3.63, 3.8) is 0 Å². The SMILES string of the molecule is CNc1cc(CN2CCN(C)CC2)cc(C(C)(C)C)c1. The van der Waals surface area contributed by atoms with Gasteiger partial charge >= 0.3 is 0 Å². The lowest BCUT2D eigenvalue weighted by Crippen LogP contribution is -2.43. The van der Waals surface area contributed by atoms with Gasteiger partial charge in [0.05, 0.1) is 0 Å². The summed E-state index contributed by atoms with van der Waals surface area (Å²) in [5.74, 6) is 0. The van der Waals surface area contributed by atoms with Gasteiger partial charge in [0.2, 0.25) is 0 Å². The number of anilines is 1. The average Bonchev–Trinajstić information content (AvgIpc) is 2.40. The molecule has 1 aromatic carbocycles. The molecule has 0 bridgehead atoms. The summed E-state index contributed by atoms with van der Waals surface area (Å²) in [6, 6.07) is 6.93.